The highest BCUT2D eigenvalue weighted by atomic mass is 16.8. The Balaban J connectivity index is 1.54. The Morgan fingerprint density at radius 3 is 2.00 bits per heavy atom. The number of hydrogen-bond acceptors (Lipinski definition) is 18. The van der Waals surface area contributed by atoms with Crippen LogP contribution in [0.3, 0.4) is 0 Å². The van der Waals surface area contributed by atoms with E-state index in [1.165, 1.54) is 20.1 Å². The molecule has 1 aromatic rings. The summed E-state index contributed by atoms with van der Waals surface area (Å²) in [6, 6.07) is 6.78. The minimum atomic E-state index is -1.62. The molecule has 3 aliphatic heterocycles. The number of aryl methyl sites for hydroxylation is 1. The molecular formula is C41H50O18. The molecular weight excluding hydrogens is 780 g/mol. The summed E-state index contributed by atoms with van der Waals surface area (Å²) in [5.41, 5.74) is 0.915. The molecule has 0 aliphatic carbocycles. The number of methoxy groups -OCH3 is 1. The van der Waals surface area contributed by atoms with Crippen LogP contribution in [0.1, 0.15) is 72.3 Å². The zero-order chi connectivity index (χ0) is 43.4. The van der Waals surface area contributed by atoms with Crippen LogP contribution >= 0.6 is 0 Å². The third-order valence-corrected chi connectivity index (χ3v) is 9.56. The number of benzene rings is 1. The first-order valence-electron chi connectivity index (χ1n) is 19.0. The number of carbonyl (C=O) groups excluding carboxylic acids is 8. The van der Waals surface area contributed by atoms with Crippen LogP contribution in [0.4, 0.5) is 0 Å². The highest BCUT2D eigenvalue weighted by molar-refractivity contribution is 5.89. The first kappa shape index (κ1) is 46.2. The van der Waals surface area contributed by atoms with E-state index in [1.807, 2.05) is 0 Å². The summed E-state index contributed by atoms with van der Waals surface area (Å²) >= 11 is 0. The van der Waals surface area contributed by atoms with Crippen LogP contribution in [0.15, 0.2) is 48.8 Å². The molecule has 1 aromatic carbocycles. The topological polar surface area (TPSA) is 229 Å². The molecule has 4 rings (SSSR count). The van der Waals surface area contributed by atoms with Crippen molar-refractivity contribution in [1.82, 2.24) is 0 Å². The van der Waals surface area contributed by atoms with Crippen molar-refractivity contribution in [3.8, 4) is 5.75 Å². The lowest BCUT2D eigenvalue weighted by atomic mass is 9.78. The summed E-state index contributed by atoms with van der Waals surface area (Å²) in [6.07, 6.45) is -7.07. The lowest BCUT2D eigenvalue weighted by Gasteiger charge is -2.46. The van der Waals surface area contributed by atoms with Gasteiger partial charge in [0.05, 0.1) is 31.2 Å². The minimum Gasteiger partial charge on any atom is -0.471 e. The van der Waals surface area contributed by atoms with Crippen molar-refractivity contribution in [3.05, 3.63) is 54.3 Å². The summed E-state index contributed by atoms with van der Waals surface area (Å²) in [5, 5.41) is 0. The Bertz CT molecular complexity index is 1770. The van der Waals surface area contributed by atoms with E-state index in [2.05, 4.69) is 6.58 Å². The van der Waals surface area contributed by atoms with E-state index in [0.717, 1.165) is 39.5 Å². The molecule has 0 amide bonds. The average Bonchev–Trinajstić information content (AvgIpc) is 3.15. The zero-order valence-corrected chi connectivity index (χ0v) is 33.7. The molecule has 2 fully saturated rings. The van der Waals surface area contributed by atoms with Gasteiger partial charge in [0, 0.05) is 72.1 Å². The van der Waals surface area contributed by atoms with Crippen molar-refractivity contribution in [1.29, 1.82) is 0 Å². The maximum atomic E-state index is 13.1. The molecule has 322 valence electrons. The van der Waals surface area contributed by atoms with Gasteiger partial charge in [0.1, 0.15) is 30.0 Å². The second-order valence-corrected chi connectivity index (χ2v) is 14.2. The largest absolute Gasteiger partial charge is 0.471 e. The first-order chi connectivity index (χ1) is 28.0. The maximum absolute atomic E-state index is 13.1. The van der Waals surface area contributed by atoms with Crippen LogP contribution < -0.4 is 4.74 Å². The molecule has 18 nitrogen and oxygen atoms in total. The van der Waals surface area contributed by atoms with E-state index >= 15 is 0 Å². The van der Waals surface area contributed by atoms with Gasteiger partial charge < -0.3 is 47.4 Å². The number of esters is 6. The fraction of sp³-hybridized carbons (Fsp3) is 0.561. The van der Waals surface area contributed by atoms with Gasteiger partial charge in [-0.3, -0.25) is 33.6 Å². The highest BCUT2D eigenvalue weighted by Gasteiger charge is 2.54. The molecule has 3 heterocycles. The number of rotatable bonds is 17. The van der Waals surface area contributed by atoms with E-state index in [1.54, 1.807) is 24.3 Å². The molecule has 10 atom stereocenters. The molecule has 0 saturated carbocycles. The maximum Gasteiger partial charge on any atom is 0.337 e. The monoisotopic (exact) mass is 830 g/mol. The Kier molecular flexibility index (Phi) is 16.9. The molecule has 0 N–H and O–H groups in total. The van der Waals surface area contributed by atoms with Crippen LogP contribution in [0.25, 0.3) is 0 Å². The SMILES string of the molecule is C=C[C@H]1[C@H](O[C@@H]2O[C@H](COC(C)=O)[C@@H](OC(C)=O)[C@H](OC(C)=O)[C@H]2OC(C)=O)OC=C(C(=O)OC)[C@H]1C[C@H]1CC(=O)C[C@H](CC(=O)CCc2ccc(OC(C)=O)cc2)O1. The van der Waals surface area contributed by atoms with Gasteiger partial charge in [-0.1, -0.05) is 18.2 Å². The third-order valence-electron chi connectivity index (χ3n) is 9.56. The number of hydrogen-bond donors (Lipinski definition) is 0. The number of ether oxygens (including phenoxy) is 10. The fourth-order valence-electron chi connectivity index (χ4n) is 7.18. The number of Topliss-reactive ketones (excluding diaryl/α,β-unsaturated/α-hetero) is 2. The molecule has 2 saturated heterocycles. The minimum absolute atomic E-state index is 0.0136. The van der Waals surface area contributed by atoms with Crippen molar-refractivity contribution in [2.24, 2.45) is 11.8 Å². The van der Waals surface area contributed by atoms with Gasteiger partial charge in [0.2, 0.25) is 12.6 Å². The van der Waals surface area contributed by atoms with Crippen molar-refractivity contribution >= 4 is 47.4 Å². The van der Waals surface area contributed by atoms with E-state index in [4.69, 9.17) is 47.4 Å². The van der Waals surface area contributed by atoms with Gasteiger partial charge in [-0.15, -0.1) is 6.58 Å². The standard InChI is InChI=1S/C41H50O18/c1-8-32-33(18-31-17-28(48)16-30(57-31)15-27(47)12-9-26-10-13-29(14-11-26)53-22(3)43)34(39(49)50-7)19-52-40(32)59-41-38(56-25(6)46)37(55-24(5)45)36(54-23(4)44)35(58-41)20-51-21(2)42/h8,10-11,13-14,19,30-33,35-38,40-41H,1,9,12,15-18,20H2,2-7H3/t30-,31+,32+,33-,35+,36+,37-,38+,40-,41-/m0/s1. The summed E-state index contributed by atoms with van der Waals surface area (Å²) in [6.45, 7) is 9.12. The number of ketones is 2. The van der Waals surface area contributed by atoms with Crippen LogP contribution in [-0.4, -0.2) is 110 Å². The Labute approximate surface area is 340 Å². The third kappa shape index (κ3) is 13.5. The van der Waals surface area contributed by atoms with Gasteiger partial charge in [-0.2, -0.15) is 0 Å². The lowest BCUT2D eigenvalue weighted by Crippen LogP contribution is -2.63. The van der Waals surface area contributed by atoms with Crippen LogP contribution in [0.2, 0.25) is 0 Å². The van der Waals surface area contributed by atoms with Crippen LogP contribution in [0.5, 0.6) is 5.75 Å². The summed E-state index contributed by atoms with van der Waals surface area (Å²) < 4.78 is 56.2. The predicted molar refractivity (Wildman–Crippen MR) is 198 cm³/mol. The van der Waals surface area contributed by atoms with Crippen molar-refractivity contribution in [2.75, 3.05) is 13.7 Å². The summed E-state index contributed by atoms with van der Waals surface area (Å²) in [4.78, 5) is 99.0. The van der Waals surface area contributed by atoms with Crippen molar-refractivity contribution in [3.63, 3.8) is 0 Å². The molecule has 0 unspecified atom stereocenters. The summed E-state index contributed by atoms with van der Waals surface area (Å²) in [5.74, 6) is -5.98. The van der Waals surface area contributed by atoms with Crippen molar-refractivity contribution < 1.29 is 85.7 Å². The lowest BCUT2D eigenvalue weighted by molar-refractivity contribution is -0.342. The molecule has 0 bridgehead atoms. The van der Waals surface area contributed by atoms with E-state index in [-0.39, 0.29) is 49.2 Å². The molecule has 0 radical (unpaired) electrons. The van der Waals surface area contributed by atoms with Crippen LogP contribution in [0, 0.1) is 11.8 Å². The predicted octanol–water partition coefficient (Wildman–Crippen LogP) is 2.94. The average molecular weight is 831 g/mol. The van der Waals surface area contributed by atoms with Gasteiger partial charge in [-0.25, -0.2) is 4.79 Å². The number of carbonyl (C=O) groups is 8. The normalized spacial score (nSPS) is 27.8. The molecule has 18 heteroatoms. The molecule has 3 aliphatic rings. The quantitative estimate of drug-likeness (QED) is 0.0951. The molecule has 0 aromatic heterocycles. The second-order valence-electron chi connectivity index (χ2n) is 14.2. The van der Waals surface area contributed by atoms with Crippen LogP contribution in [-0.2, 0) is 87.4 Å². The van der Waals surface area contributed by atoms with Gasteiger partial charge >= 0.3 is 35.8 Å². The van der Waals surface area contributed by atoms with E-state index in [0.29, 0.717) is 12.2 Å². The van der Waals surface area contributed by atoms with Gasteiger partial charge in [-0.05, 0) is 30.5 Å². The zero-order valence-electron chi connectivity index (χ0n) is 33.7. The molecule has 59 heavy (non-hydrogen) atoms. The van der Waals surface area contributed by atoms with Gasteiger partial charge in [0.15, 0.2) is 18.3 Å². The van der Waals surface area contributed by atoms with E-state index in [9.17, 15) is 38.4 Å². The first-order valence-corrected chi connectivity index (χ1v) is 19.0. The smallest absolute Gasteiger partial charge is 0.337 e. The Morgan fingerprint density at radius 1 is 0.780 bits per heavy atom. The Morgan fingerprint density at radius 2 is 1.41 bits per heavy atom. The van der Waals surface area contributed by atoms with Crippen molar-refractivity contribution in [2.45, 2.75) is 122 Å². The highest BCUT2D eigenvalue weighted by Crippen LogP contribution is 2.40. The summed E-state index contributed by atoms with van der Waals surface area (Å²) in [7, 11) is 1.18. The molecule has 0 spiro atoms. The fourth-order valence-corrected chi connectivity index (χ4v) is 7.18. The van der Waals surface area contributed by atoms with E-state index < -0.39 is 103 Å². The second kappa shape index (κ2) is 21.5. The van der Waals surface area contributed by atoms with Gasteiger partial charge in [0.25, 0.3) is 0 Å². The Hall–Kier alpha value is -5.46.